The number of halogens is 6. The zero-order valence-corrected chi connectivity index (χ0v) is 19.6. The second-order valence-electron chi connectivity index (χ2n) is 8.51. The van der Waals surface area contributed by atoms with Gasteiger partial charge in [-0.15, -0.1) is 0 Å². The number of nitrogens with zero attached hydrogens (tertiary/aromatic N) is 1. The lowest BCUT2D eigenvalue weighted by atomic mass is 9.91. The molecule has 0 bridgehead atoms. The minimum atomic E-state index is -4.89. The van der Waals surface area contributed by atoms with E-state index in [9.17, 15) is 36.8 Å². The van der Waals surface area contributed by atoms with E-state index in [0.29, 0.717) is 22.9 Å². The molecule has 0 aromatic heterocycles. The van der Waals surface area contributed by atoms with Crippen LogP contribution in [0.15, 0.2) is 60.7 Å². The van der Waals surface area contributed by atoms with Gasteiger partial charge in [-0.1, -0.05) is 17.7 Å². The Labute approximate surface area is 216 Å². The maximum Gasteiger partial charge on any atom is 0.416 e. The number of amides is 2. The molecule has 1 heterocycles. The van der Waals surface area contributed by atoms with Gasteiger partial charge in [0.1, 0.15) is 11.6 Å². The molecule has 0 saturated heterocycles. The first-order valence-corrected chi connectivity index (χ1v) is 11.3. The zero-order valence-electron chi connectivity index (χ0n) is 18.9. The number of carbonyl (C=O) groups is 2. The number of hydrogen-bond donors (Lipinski definition) is 2. The molecule has 0 saturated carbocycles. The molecule has 1 aliphatic heterocycles. The van der Waals surface area contributed by atoms with Crippen molar-refractivity contribution in [1.29, 1.82) is 5.26 Å². The van der Waals surface area contributed by atoms with Gasteiger partial charge in [0.25, 0.3) is 11.8 Å². The lowest BCUT2D eigenvalue weighted by Crippen LogP contribution is -2.21. The standard InChI is InChI=1S/C27H13ClF5N3O2/c28-20-4-3-16(29)10-19(20)24-23-21(35-25(37)14-6-15(27(31,32)33)9-17(30)7-14)8-13-2-1-12(11-34)5-18(13)22(23)26(38)36-24/h1-10,24H,(H,35,37)(H,36,38). The summed E-state index contributed by atoms with van der Waals surface area (Å²) in [7, 11) is 0. The van der Waals surface area contributed by atoms with Gasteiger partial charge in [-0.05, 0) is 65.4 Å². The van der Waals surface area contributed by atoms with E-state index < -0.39 is 46.8 Å². The van der Waals surface area contributed by atoms with Crippen LogP contribution in [0.1, 0.15) is 49.0 Å². The molecular formula is C27H13ClF5N3O2. The van der Waals surface area contributed by atoms with Crippen LogP contribution in [0.2, 0.25) is 5.02 Å². The summed E-state index contributed by atoms with van der Waals surface area (Å²) in [6.45, 7) is 0. The van der Waals surface area contributed by atoms with Gasteiger partial charge in [0.15, 0.2) is 0 Å². The van der Waals surface area contributed by atoms with Gasteiger partial charge < -0.3 is 10.6 Å². The van der Waals surface area contributed by atoms with Gasteiger partial charge in [0.05, 0.1) is 28.8 Å². The molecule has 5 rings (SSSR count). The Morgan fingerprint density at radius 1 is 1.00 bits per heavy atom. The van der Waals surface area contributed by atoms with Gasteiger partial charge in [0, 0.05) is 27.4 Å². The number of fused-ring (bicyclic) bond motifs is 3. The number of alkyl halides is 3. The number of hydrogen-bond acceptors (Lipinski definition) is 3. The van der Waals surface area contributed by atoms with Crippen LogP contribution in [-0.2, 0) is 6.18 Å². The van der Waals surface area contributed by atoms with Crippen molar-refractivity contribution in [3.05, 3.63) is 111 Å². The number of nitriles is 1. The SMILES string of the molecule is N#Cc1ccc2cc(NC(=O)c3cc(F)cc(C(F)(F)F)c3)c3c(c2c1)C(=O)NC3c1cc(F)ccc1Cl. The summed E-state index contributed by atoms with van der Waals surface area (Å²) in [5, 5.41) is 15.4. The van der Waals surface area contributed by atoms with E-state index in [1.807, 2.05) is 6.07 Å². The van der Waals surface area contributed by atoms with E-state index in [1.165, 1.54) is 30.3 Å². The van der Waals surface area contributed by atoms with Gasteiger partial charge in [0.2, 0.25) is 0 Å². The number of nitrogens with one attached hydrogen (secondary N) is 2. The maximum atomic E-state index is 14.1. The molecule has 4 aromatic carbocycles. The summed E-state index contributed by atoms with van der Waals surface area (Å²) in [6.07, 6.45) is -4.89. The quantitative estimate of drug-likeness (QED) is 0.282. The Bertz CT molecular complexity index is 1710. The van der Waals surface area contributed by atoms with Gasteiger partial charge >= 0.3 is 6.18 Å². The van der Waals surface area contributed by atoms with E-state index in [1.54, 1.807) is 0 Å². The first kappa shape index (κ1) is 25.2. The third-order valence-electron chi connectivity index (χ3n) is 6.11. The first-order valence-electron chi connectivity index (χ1n) is 10.9. The summed E-state index contributed by atoms with van der Waals surface area (Å²) >= 11 is 6.29. The lowest BCUT2D eigenvalue weighted by Gasteiger charge is -2.19. The Morgan fingerprint density at radius 2 is 1.76 bits per heavy atom. The number of carbonyl (C=O) groups excluding carboxylic acids is 2. The Kier molecular flexibility index (Phi) is 6.04. The highest BCUT2D eigenvalue weighted by atomic mass is 35.5. The number of rotatable bonds is 3. The zero-order chi connectivity index (χ0) is 27.4. The molecular weight excluding hydrogens is 529 g/mol. The van der Waals surface area contributed by atoms with Crippen LogP contribution in [0.4, 0.5) is 27.6 Å². The van der Waals surface area contributed by atoms with Gasteiger partial charge in [-0.25, -0.2) is 8.78 Å². The molecule has 11 heteroatoms. The number of anilines is 1. The molecule has 5 nitrogen and oxygen atoms in total. The monoisotopic (exact) mass is 541 g/mol. The van der Waals surface area contributed by atoms with Crippen molar-refractivity contribution < 1.29 is 31.5 Å². The van der Waals surface area contributed by atoms with E-state index in [0.717, 1.165) is 12.1 Å². The Balaban J connectivity index is 1.71. The average Bonchev–Trinajstić information content (AvgIpc) is 3.22. The Hall–Kier alpha value is -4.49. The third-order valence-corrected chi connectivity index (χ3v) is 6.45. The molecule has 0 radical (unpaired) electrons. The molecule has 0 fully saturated rings. The number of benzene rings is 4. The molecule has 2 amide bonds. The summed E-state index contributed by atoms with van der Waals surface area (Å²) in [6, 6.07) is 11.8. The second kappa shape index (κ2) is 9.11. The lowest BCUT2D eigenvalue weighted by molar-refractivity contribution is -0.137. The molecule has 1 unspecified atom stereocenters. The van der Waals surface area contributed by atoms with Gasteiger partial charge in [-0.3, -0.25) is 9.59 Å². The third kappa shape index (κ3) is 4.41. The van der Waals surface area contributed by atoms with Crippen LogP contribution in [0.3, 0.4) is 0 Å². The molecule has 1 atom stereocenters. The predicted molar refractivity (Wildman–Crippen MR) is 129 cm³/mol. The molecule has 0 aliphatic carbocycles. The van der Waals surface area contributed by atoms with Crippen LogP contribution in [-0.4, -0.2) is 11.8 Å². The van der Waals surface area contributed by atoms with Crippen molar-refractivity contribution in [3.63, 3.8) is 0 Å². The van der Waals surface area contributed by atoms with Crippen molar-refractivity contribution in [2.24, 2.45) is 0 Å². The van der Waals surface area contributed by atoms with Gasteiger partial charge in [-0.2, -0.15) is 18.4 Å². The van der Waals surface area contributed by atoms with Crippen LogP contribution >= 0.6 is 11.6 Å². The largest absolute Gasteiger partial charge is 0.416 e. The fourth-order valence-electron chi connectivity index (χ4n) is 4.45. The predicted octanol–water partition coefficient (Wildman–Crippen LogP) is 6.75. The molecule has 0 spiro atoms. The van der Waals surface area contributed by atoms with E-state index in [2.05, 4.69) is 10.6 Å². The molecule has 2 N–H and O–H groups in total. The first-order chi connectivity index (χ1) is 18.0. The highest BCUT2D eigenvalue weighted by Gasteiger charge is 2.36. The highest BCUT2D eigenvalue weighted by molar-refractivity contribution is 6.31. The normalized spacial score (nSPS) is 14.7. The summed E-state index contributed by atoms with van der Waals surface area (Å²) in [4.78, 5) is 26.2. The molecule has 38 heavy (non-hydrogen) atoms. The fraction of sp³-hybridized carbons (Fsp3) is 0.0741. The summed E-state index contributed by atoms with van der Waals surface area (Å²) in [5.41, 5.74) is -1.32. The molecule has 4 aromatic rings. The summed E-state index contributed by atoms with van der Waals surface area (Å²) < 4.78 is 67.7. The smallest absolute Gasteiger partial charge is 0.341 e. The van der Waals surface area contributed by atoms with Crippen molar-refractivity contribution in [3.8, 4) is 6.07 Å². The summed E-state index contributed by atoms with van der Waals surface area (Å²) in [5.74, 6) is -3.59. The minimum Gasteiger partial charge on any atom is -0.341 e. The van der Waals surface area contributed by atoms with Crippen molar-refractivity contribution in [2.75, 3.05) is 5.32 Å². The van der Waals surface area contributed by atoms with Crippen LogP contribution in [0.5, 0.6) is 0 Å². The molecule has 190 valence electrons. The molecule has 1 aliphatic rings. The van der Waals surface area contributed by atoms with Crippen molar-refractivity contribution in [2.45, 2.75) is 12.2 Å². The highest BCUT2D eigenvalue weighted by Crippen LogP contribution is 2.43. The topological polar surface area (TPSA) is 82.0 Å². The van der Waals surface area contributed by atoms with Crippen molar-refractivity contribution >= 4 is 39.9 Å². The maximum absolute atomic E-state index is 14.1. The average molecular weight is 542 g/mol. The van der Waals surface area contributed by atoms with E-state index in [4.69, 9.17) is 11.6 Å². The Morgan fingerprint density at radius 3 is 2.47 bits per heavy atom. The van der Waals surface area contributed by atoms with Crippen LogP contribution in [0, 0.1) is 23.0 Å². The van der Waals surface area contributed by atoms with Crippen LogP contribution in [0.25, 0.3) is 10.8 Å². The minimum absolute atomic E-state index is 0.00343. The fourth-order valence-corrected chi connectivity index (χ4v) is 4.68. The second-order valence-corrected chi connectivity index (χ2v) is 8.92. The van der Waals surface area contributed by atoms with Crippen LogP contribution < -0.4 is 10.6 Å². The van der Waals surface area contributed by atoms with E-state index in [-0.39, 0.29) is 39.0 Å². The van der Waals surface area contributed by atoms with Crippen molar-refractivity contribution in [1.82, 2.24) is 5.32 Å². The van der Waals surface area contributed by atoms with E-state index >= 15 is 0 Å².